The first-order valence-corrected chi connectivity index (χ1v) is 16.7. The molecule has 40 heavy (non-hydrogen) atoms. The Kier molecular flexibility index (Phi) is 28.0. The number of esters is 3. The zero-order valence-corrected chi connectivity index (χ0v) is 26.7. The molecule has 0 aliphatic heterocycles. The largest absolute Gasteiger partial charge is 0.450 e. The third-order valence-electron chi connectivity index (χ3n) is 7.24. The minimum absolute atomic E-state index is 0.229. The van der Waals surface area contributed by atoms with E-state index < -0.39 is 24.0 Å². The minimum Gasteiger partial charge on any atom is -0.450 e. The van der Waals surface area contributed by atoms with E-state index in [0.717, 1.165) is 58.5 Å². The molecule has 0 aliphatic rings. The van der Waals surface area contributed by atoms with Gasteiger partial charge in [-0.05, 0) is 32.4 Å². The molecule has 0 aromatic rings. The lowest BCUT2D eigenvalue weighted by molar-refractivity contribution is -0.177. The number of rotatable bonds is 28. The van der Waals surface area contributed by atoms with Gasteiger partial charge in [-0.1, -0.05) is 130 Å². The van der Waals surface area contributed by atoms with Gasteiger partial charge in [-0.3, -0.25) is 9.69 Å². The number of nitrogens with zero attached hydrogens (tertiary/aromatic N) is 1. The molecule has 0 amide bonds. The van der Waals surface area contributed by atoms with Crippen molar-refractivity contribution in [1.82, 2.24) is 4.90 Å². The topological polar surface area (TPSA) is 82.1 Å². The van der Waals surface area contributed by atoms with Crippen LogP contribution in [0.25, 0.3) is 0 Å². The fourth-order valence-electron chi connectivity index (χ4n) is 4.81. The molecule has 0 fully saturated rings. The van der Waals surface area contributed by atoms with Crippen LogP contribution in [-0.4, -0.2) is 61.8 Å². The fourth-order valence-corrected chi connectivity index (χ4v) is 4.81. The lowest BCUT2D eigenvalue weighted by Crippen LogP contribution is -2.40. The van der Waals surface area contributed by atoms with Crippen LogP contribution in [0, 0.1) is 0 Å². The highest BCUT2D eigenvalue weighted by Crippen LogP contribution is 2.14. The van der Waals surface area contributed by atoms with E-state index >= 15 is 0 Å². The van der Waals surface area contributed by atoms with Crippen molar-refractivity contribution in [2.24, 2.45) is 0 Å². The van der Waals surface area contributed by atoms with Crippen molar-refractivity contribution in [3.05, 3.63) is 0 Å². The highest BCUT2D eigenvalue weighted by atomic mass is 16.6. The fraction of sp³-hybridized carbons (Fsp3) is 0.909. The number of hydrogen-bond donors (Lipinski definition) is 0. The van der Waals surface area contributed by atoms with Crippen molar-refractivity contribution in [3.8, 4) is 0 Å². The summed E-state index contributed by atoms with van der Waals surface area (Å²) in [5, 5.41) is 0. The Morgan fingerprint density at radius 1 is 0.575 bits per heavy atom. The third kappa shape index (κ3) is 25.5. The van der Waals surface area contributed by atoms with Crippen LogP contribution in [0.5, 0.6) is 0 Å². The molecular weight excluding hydrogens is 506 g/mol. The van der Waals surface area contributed by atoms with Crippen molar-refractivity contribution in [2.75, 3.05) is 32.8 Å². The normalized spacial score (nSPS) is 12.0. The SMILES string of the molecule is CCCCCCCCCCCCCCCCCCOCC(CN(CCCC)CCCC)OC(=O)C(=O)OC(C)=O. The number of ether oxygens (including phenoxy) is 3. The smallest absolute Gasteiger partial charge is 0.425 e. The second-order valence-electron chi connectivity index (χ2n) is 11.3. The van der Waals surface area contributed by atoms with E-state index in [1.54, 1.807) is 0 Å². The maximum Gasteiger partial charge on any atom is 0.425 e. The first-order chi connectivity index (χ1) is 19.4. The van der Waals surface area contributed by atoms with Gasteiger partial charge >= 0.3 is 17.9 Å². The van der Waals surface area contributed by atoms with E-state index in [9.17, 15) is 14.4 Å². The third-order valence-corrected chi connectivity index (χ3v) is 7.24. The maximum atomic E-state index is 12.2. The van der Waals surface area contributed by atoms with Gasteiger partial charge in [0.2, 0.25) is 0 Å². The van der Waals surface area contributed by atoms with Crippen molar-refractivity contribution in [1.29, 1.82) is 0 Å². The number of carbonyl (C=O) groups excluding carboxylic acids is 3. The minimum atomic E-state index is -1.27. The van der Waals surface area contributed by atoms with E-state index in [2.05, 4.69) is 30.4 Å². The molecule has 0 saturated carbocycles. The van der Waals surface area contributed by atoms with Crippen molar-refractivity contribution < 1.29 is 28.6 Å². The number of hydrogen-bond acceptors (Lipinski definition) is 7. The molecule has 0 bridgehead atoms. The van der Waals surface area contributed by atoms with E-state index in [-0.39, 0.29) is 6.61 Å². The number of unbranched alkanes of at least 4 members (excludes halogenated alkanes) is 17. The van der Waals surface area contributed by atoms with Gasteiger partial charge in [0.05, 0.1) is 6.61 Å². The molecule has 236 valence electrons. The first kappa shape index (κ1) is 38.5. The monoisotopic (exact) mass is 569 g/mol. The summed E-state index contributed by atoms with van der Waals surface area (Å²) in [4.78, 5) is 37.2. The second-order valence-corrected chi connectivity index (χ2v) is 11.3. The Morgan fingerprint density at radius 3 is 1.43 bits per heavy atom. The van der Waals surface area contributed by atoms with Crippen LogP contribution in [0.3, 0.4) is 0 Å². The summed E-state index contributed by atoms with van der Waals surface area (Å²) in [7, 11) is 0. The highest BCUT2D eigenvalue weighted by Gasteiger charge is 2.25. The zero-order valence-electron chi connectivity index (χ0n) is 26.7. The van der Waals surface area contributed by atoms with Crippen LogP contribution in [0.2, 0.25) is 0 Å². The predicted octanol–water partition coefficient (Wildman–Crippen LogP) is 8.17. The summed E-state index contributed by atoms with van der Waals surface area (Å²) in [6, 6.07) is 0. The Bertz CT molecular complexity index is 604. The Hall–Kier alpha value is -1.47. The van der Waals surface area contributed by atoms with Gasteiger partial charge in [0.25, 0.3) is 0 Å². The van der Waals surface area contributed by atoms with E-state index in [0.29, 0.717) is 13.2 Å². The lowest BCUT2D eigenvalue weighted by atomic mass is 10.0. The molecule has 0 aromatic heterocycles. The Labute approximate surface area is 246 Å². The quantitative estimate of drug-likeness (QED) is 0.0407. The molecule has 0 N–H and O–H groups in total. The standard InChI is InChI=1S/C33H63NO6/c1-5-8-11-12-13-14-15-16-17-18-19-20-21-22-23-24-27-38-29-31(40-33(37)32(36)39-30(4)35)28-34(25-9-6-2)26-10-7-3/h31H,5-29H2,1-4H3. The van der Waals surface area contributed by atoms with E-state index in [1.807, 2.05) is 0 Å². The van der Waals surface area contributed by atoms with Crippen LogP contribution in [0.15, 0.2) is 0 Å². The van der Waals surface area contributed by atoms with Gasteiger partial charge in [0.15, 0.2) is 0 Å². The van der Waals surface area contributed by atoms with Crippen molar-refractivity contribution in [2.45, 2.75) is 162 Å². The molecule has 7 nitrogen and oxygen atoms in total. The molecule has 7 heteroatoms. The molecule has 0 radical (unpaired) electrons. The van der Waals surface area contributed by atoms with Gasteiger partial charge in [-0.25, -0.2) is 9.59 Å². The molecule has 0 heterocycles. The predicted molar refractivity (Wildman–Crippen MR) is 163 cm³/mol. The Balaban J connectivity index is 4.11. The average molecular weight is 570 g/mol. The highest BCUT2D eigenvalue weighted by molar-refractivity contribution is 6.31. The molecule has 0 saturated heterocycles. The molecule has 0 spiro atoms. The molecule has 1 atom stereocenters. The van der Waals surface area contributed by atoms with Crippen LogP contribution in [0.1, 0.15) is 156 Å². The van der Waals surface area contributed by atoms with Crippen LogP contribution in [0.4, 0.5) is 0 Å². The van der Waals surface area contributed by atoms with E-state index in [4.69, 9.17) is 9.47 Å². The average Bonchev–Trinajstić information content (AvgIpc) is 2.93. The van der Waals surface area contributed by atoms with Crippen molar-refractivity contribution in [3.63, 3.8) is 0 Å². The molecule has 0 aromatic carbocycles. The Morgan fingerprint density at radius 2 is 1.00 bits per heavy atom. The second kappa shape index (κ2) is 29.0. The zero-order chi connectivity index (χ0) is 29.7. The van der Waals surface area contributed by atoms with Gasteiger partial charge in [0, 0.05) is 20.1 Å². The van der Waals surface area contributed by atoms with Gasteiger partial charge < -0.3 is 14.2 Å². The van der Waals surface area contributed by atoms with E-state index in [1.165, 1.54) is 89.9 Å². The molecular formula is C33H63NO6. The van der Waals surface area contributed by atoms with Crippen LogP contribution >= 0.6 is 0 Å². The molecule has 1 unspecified atom stereocenters. The first-order valence-electron chi connectivity index (χ1n) is 16.7. The van der Waals surface area contributed by atoms with Gasteiger partial charge in [0.1, 0.15) is 6.10 Å². The van der Waals surface area contributed by atoms with Gasteiger partial charge in [-0.15, -0.1) is 0 Å². The summed E-state index contributed by atoms with van der Waals surface area (Å²) < 4.78 is 15.7. The summed E-state index contributed by atoms with van der Waals surface area (Å²) in [5.41, 5.74) is 0. The summed E-state index contributed by atoms with van der Waals surface area (Å²) in [6.45, 7) is 10.8. The van der Waals surface area contributed by atoms with Crippen molar-refractivity contribution >= 4 is 17.9 Å². The summed E-state index contributed by atoms with van der Waals surface area (Å²) in [6.07, 6.45) is 24.9. The maximum absolute atomic E-state index is 12.2. The molecule has 0 aliphatic carbocycles. The van der Waals surface area contributed by atoms with Crippen LogP contribution < -0.4 is 0 Å². The van der Waals surface area contributed by atoms with Crippen LogP contribution in [-0.2, 0) is 28.6 Å². The number of carbonyl (C=O) groups is 3. The van der Waals surface area contributed by atoms with Gasteiger partial charge in [-0.2, -0.15) is 0 Å². The summed E-state index contributed by atoms with van der Waals surface area (Å²) >= 11 is 0. The summed E-state index contributed by atoms with van der Waals surface area (Å²) in [5.74, 6) is -3.24. The molecule has 0 rings (SSSR count). The lowest BCUT2D eigenvalue weighted by Gasteiger charge is -2.27.